The number of aliphatic hydroxyl groups is 1. The molecule has 106 heavy (non-hydrogen) atoms. The Morgan fingerprint density at radius 2 is 0.481 bits per heavy atom. The predicted octanol–water partition coefficient (Wildman–Crippen LogP) is 26.6. The van der Waals surface area contributed by atoms with Crippen LogP contribution in [0.4, 0.5) is 0 Å². The van der Waals surface area contributed by atoms with Crippen LogP contribution in [0, 0.1) is 11.8 Å². The maximum atomic E-state index is 13.1. The number of ether oxygens (including phenoxy) is 4. The minimum Gasteiger partial charge on any atom is -0.462 e. The van der Waals surface area contributed by atoms with E-state index in [1.54, 1.807) is 0 Å². The Morgan fingerprint density at radius 1 is 0.274 bits per heavy atom. The summed E-state index contributed by atoms with van der Waals surface area (Å²) in [5, 5.41) is 10.7. The summed E-state index contributed by atoms with van der Waals surface area (Å²) < 4.78 is 68.8. The summed E-state index contributed by atoms with van der Waals surface area (Å²) in [5.74, 6) is -0.419. The molecule has 0 spiro atoms. The van der Waals surface area contributed by atoms with Crippen LogP contribution in [0.1, 0.15) is 465 Å². The van der Waals surface area contributed by atoms with Gasteiger partial charge in [0, 0.05) is 25.7 Å². The fourth-order valence-corrected chi connectivity index (χ4v) is 15.1. The first kappa shape index (κ1) is 104. The second-order valence-electron chi connectivity index (χ2n) is 32.0. The number of phosphoric ester groups is 2. The molecule has 19 heteroatoms. The average molecular weight is 1550 g/mol. The zero-order valence-corrected chi connectivity index (χ0v) is 71.5. The molecule has 0 radical (unpaired) electrons. The molecule has 3 N–H and O–H groups in total. The van der Waals surface area contributed by atoms with E-state index in [2.05, 4.69) is 41.5 Å². The van der Waals surface area contributed by atoms with E-state index in [0.717, 1.165) is 108 Å². The number of carbonyl (C=O) groups excluding carboxylic acids is 4. The number of phosphoric acid groups is 2. The van der Waals surface area contributed by atoms with Crippen molar-refractivity contribution in [3.05, 3.63) is 0 Å². The van der Waals surface area contributed by atoms with E-state index >= 15 is 0 Å². The van der Waals surface area contributed by atoms with Gasteiger partial charge in [-0.25, -0.2) is 9.13 Å². The topological polar surface area (TPSA) is 237 Å². The SMILES string of the molecule is CCCCCCCCCCCCCCCCCCCC(=O)O[C@H](COC(=O)CCCCCCCCCC)COP(=O)(O)OC[C@H](O)COP(=O)(O)OC[C@@H](COC(=O)CCCCCCCCCCCCCCCCCCC(C)C)OC(=O)CCCCCCCCCCCCCCCCCCCCC(C)CC. The van der Waals surface area contributed by atoms with Crippen molar-refractivity contribution in [2.45, 2.75) is 484 Å². The van der Waals surface area contributed by atoms with Gasteiger partial charge >= 0.3 is 39.5 Å². The van der Waals surface area contributed by atoms with Gasteiger partial charge in [0.15, 0.2) is 12.2 Å². The van der Waals surface area contributed by atoms with E-state index < -0.39 is 97.5 Å². The monoisotopic (exact) mass is 1550 g/mol. The van der Waals surface area contributed by atoms with Crippen LogP contribution in [0.3, 0.4) is 0 Å². The number of aliphatic hydroxyl groups excluding tert-OH is 1. The lowest BCUT2D eigenvalue weighted by Gasteiger charge is -2.21. The molecule has 3 unspecified atom stereocenters. The first-order chi connectivity index (χ1) is 51.4. The predicted molar refractivity (Wildman–Crippen MR) is 437 cm³/mol. The van der Waals surface area contributed by atoms with Gasteiger partial charge in [-0.05, 0) is 37.5 Å². The number of hydrogen-bond acceptors (Lipinski definition) is 15. The zero-order chi connectivity index (χ0) is 77.8. The first-order valence-corrected chi connectivity index (χ1v) is 48.0. The Kier molecular flexibility index (Phi) is 76.9. The van der Waals surface area contributed by atoms with Gasteiger partial charge in [-0.15, -0.1) is 0 Å². The summed E-state index contributed by atoms with van der Waals surface area (Å²) in [7, 11) is -9.92. The fourth-order valence-electron chi connectivity index (χ4n) is 13.6. The number of carbonyl (C=O) groups is 4. The van der Waals surface area contributed by atoms with Crippen LogP contribution in [0.15, 0.2) is 0 Å². The molecule has 0 fully saturated rings. The second kappa shape index (κ2) is 78.3. The van der Waals surface area contributed by atoms with Gasteiger partial charge in [0.1, 0.15) is 19.3 Å². The van der Waals surface area contributed by atoms with E-state index in [0.29, 0.717) is 25.7 Å². The molecule has 0 saturated heterocycles. The van der Waals surface area contributed by atoms with Crippen LogP contribution >= 0.6 is 15.6 Å². The standard InChI is InChI=1S/C87H170O17P2/c1-7-10-12-14-16-18-19-20-21-24-32-37-42-47-53-59-65-71-86(91)103-82(75-97-84(89)69-63-57-51-17-15-13-11-8-2)77-101-105(93,94)99-73-81(88)74-100-106(95,96)102-78-83(76-98-85(90)70-64-58-52-46-41-36-31-28-27-29-34-39-44-49-55-61-67-79(4)5)104-87(92)72-66-60-54-48-43-38-33-26-23-22-25-30-35-40-45-50-56-62-68-80(6)9-3/h79-83,88H,7-78H2,1-6H3,(H,93,94)(H,95,96)/t80?,81-,82+,83+/m0/s1. The number of rotatable bonds is 86. The third-order valence-electron chi connectivity index (χ3n) is 20.8. The van der Waals surface area contributed by atoms with Crippen LogP contribution in [0.5, 0.6) is 0 Å². The smallest absolute Gasteiger partial charge is 0.462 e. The lowest BCUT2D eigenvalue weighted by Crippen LogP contribution is -2.30. The molecule has 6 atom stereocenters. The highest BCUT2D eigenvalue weighted by atomic mass is 31.2. The van der Waals surface area contributed by atoms with Crippen molar-refractivity contribution in [1.82, 2.24) is 0 Å². The third kappa shape index (κ3) is 78.7. The normalized spacial score (nSPS) is 14.1. The van der Waals surface area contributed by atoms with Gasteiger partial charge in [-0.2, -0.15) is 0 Å². The molecule has 0 saturated carbocycles. The van der Waals surface area contributed by atoms with Crippen LogP contribution in [0.25, 0.3) is 0 Å². The van der Waals surface area contributed by atoms with Crippen molar-refractivity contribution in [2.75, 3.05) is 39.6 Å². The molecule has 0 aromatic carbocycles. The average Bonchev–Trinajstić information content (AvgIpc) is 0.903. The van der Waals surface area contributed by atoms with Crippen LogP contribution in [-0.4, -0.2) is 96.7 Å². The molecule has 0 aliphatic rings. The molecule has 0 heterocycles. The quantitative estimate of drug-likeness (QED) is 0.0222. The summed E-state index contributed by atoms with van der Waals surface area (Å²) in [5.41, 5.74) is 0. The maximum absolute atomic E-state index is 13.1. The van der Waals surface area contributed by atoms with Crippen molar-refractivity contribution in [3.8, 4) is 0 Å². The van der Waals surface area contributed by atoms with E-state index in [4.69, 9.17) is 37.0 Å². The van der Waals surface area contributed by atoms with E-state index in [1.807, 2.05) is 0 Å². The molecule has 0 rings (SSSR count). The molecule has 0 bridgehead atoms. The van der Waals surface area contributed by atoms with Gasteiger partial charge in [0.25, 0.3) is 0 Å². The Labute approximate surface area is 651 Å². The molecule has 0 amide bonds. The Hall–Kier alpha value is -1.94. The molecule has 0 aromatic heterocycles. The molecule has 0 aromatic rings. The number of unbranched alkanes of at least 4 members (excludes halogenated alkanes) is 55. The molecule has 630 valence electrons. The lowest BCUT2D eigenvalue weighted by molar-refractivity contribution is -0.161. The highest BCUT2D eigenvalue weighted by molar-refractivity contribution is 7.47. The van der Waals surface area contributed by atoms with Crippen LogP contribution in [0.2, 0.25) is 0 Å². The lowest BCUT2D eigenvalue weighted by atomic mass is 9.99. The molecular weight excluding hydrogens is 1380 g/mol. The Bertz CT molecular complexity index is 2030. The fraction of sp³-hybridized carbons (Fsp3) is 0.954. The minimum absolute atomic E-state index is 0.109. The van der Waals surface area contributed by atoms with Gasteiger partial charge in [-0.3, -0.25) is 37.3 Å². The van der Waals surface area contributed by atoms with Gasteiger partial charge in [-0.1, -0.05) is 414 Å². The summed E-state index contributed by atoms with van der Waals surface area (Å²) >= 11 is 0. The number of hydrogen-bond donors (Lipinski definition) is 3. The highest BCUT2D eigenvalue weighted by Gasteiger charge is 2.30. The minimum atomic E-state index is -4.97. The molecular formula is C87H170O17P2. The third-order valence-corrected chi connectivity index (χ3v) is 22.7. The second-order valence-corrected chi connectivity index (χ2v) is 34.9. The summed E-state index contributed by atoms with van der Waals surface area (Å²) in [6, 6.07) is 0. The summed E-state index contributed by atoms with van der Waals surface area (Å²) in [4.78, 5) is 73.1. The zero-order valence-electron chi connectivity index (χ0n) is 69.7. The Morgan fingerprint density at radius 3 is 0.717 bits per heavy atom. The van der Waals surface area contributed by atoms with Crippen LogP contribution < -0.4 is 0 Å². The maximum Gasteiger partial charge on any atom is 0.472 e. The summed E-state index contributed by atoms with van der Waals surface area (Å²) in [6.07, 6.45) is 70.9. The Balaban J connectivity index is 5.18. The van der Waals surface area contributed by atoms with Gasteiger partial charge < -0.3 is 33.8 Å². The van der Waals surface area contributed by atoms with E-state index in [9.17, 15) is 43.2 Å². The van der Waals surface area contributed by atoms with E-state index in [1.165, 1.54) is 276 Å². The van der Waals surface area contributed by atoms with Crippen molar-refractivity contribution >= 4 is 39.5 Å². The first-order valence-electron chi connectivity index (χ1n) is 45.0. The van der Waals surface area contributed by atoms with Gasteiger partial charge in [0.2, 0.25) is 0 Å². The number of esters is 4. The molecule has 0 aliphatic carbocycles. The van der Waals surface area contributed by atoms with Crippen molar-refractivity contribution < 1.29 is 80.2 Å². The van der Waals surface area contributed by atoms with Crippen molar-refractivity contribution in [1.29, 1.82) is 0 Å². The molecule has 0 aliphatic heterocycles. The van der Waals surface area contributed by atoms with Crippen molar-refractivity contribution in [2.24, 2.45) is 11.8 Å². The summed E-state index contributed by atoms with van der Waals surface area (Å²) in [6.45, 7) is 9.75. The van der Waals surface area contributed by atoms with Gasteiger partial charge in [0.05, 0.1) is 26.4 Å². The molecule has 17 nitrogen and oxygen atoms in total. The highest BCUT2D eigenvalue weighted by Crippen LogP contribution is 2.45. The largest absolute Gasteiger partial charge is 0.472 e. The van der Waals surface area contributed by atoms with E-state index in [-0.39, 0.29) is 25.7 Å². The van der Waals surface area contributed by atoms with Crippen LogP contribution in [-0.2, 0) is 65.4 Å². The van der Waals surface area contributed by atoms with Crippen molar-refractivity contribution in [3.63, 3.8) is 0 Å².